The van der Waals surface area contributed by atoms with Gasteiger partial charge >= 0.3 is 0 Å². The molecule has 2 aromatic rings. The minimum Gasteiger partial charge on any atom is -0.497 e. The minimum absolute atomic E-state index is 0.0459. The number of ether oxygens (including phenoxy) is 1. The van der Waals surface area contributed by atoms with Crippen LogP contribution in [-0.4, -0.2) is 51.3 Å². The largest absolute Gasteiger partial charge is 0.497 e. The molecule has 1 fully saturated rings. The van der Waals surface area contributed by atoms with Gasteiger partial charge in [0.1, 0.15) is 5.75 Å². The number of aryl methyl sites for hydroxylation is 1. The molecule has 2 aliphatic rings. The number of anilines is 1. The van der Waals surface area contributed by atoms with E-state index in [4.69, 9.17) is 4.74 Å². The molecule has 0 saturated carbocycles. The molecule has 1 N–H and O–H groups in total. The summed E-state index contributed by atoms with van der Waals surface area (Å²) >= 11 is 0. The van der Waals surface area contributed by atoms with Crippen LogP contribution >= 0.6 is 0 Å². The molecule has 8 nitrogen and oxygen atoms in total. The van der Waals surface area contributed by atoms with Crippen LogP contribution in [0.3, 0.4) is 0 Å². The number of benzene rings is 2. The minimum atomic E-state index is -3.74. The highest BCUT2D eigenvalue weighted by atomic mass is 32.2. The first kappa shape index (κ1) is 24.2. The lowest BCUT2D eigenvalue weighted by atomic mass is 9.99. The van der Waals surface area contributed by atoms with Crippen LogP contribution in [0.2, 0.25) is 0 Å². The summed E-state index contributed by atoms with van der Waals surface area (Å²) in [5, 5.41) is 2.93. The number of methoxy groups -OCH3 is 1. The fraction of sp³-hybridized carbons (Fsp3) is 0.440. The van der Waals surface area contributed by atoms with Crippen LogP contribution in [0.5, 0.6) is 5.75 Å². The SMILES string of the molecule is COc1cccc(CNC(=O)[C@H]2CCCN(S(=O)(=O)c3ccc4c(c3)CCCN4C(C)=O)C2)c1. The number of hydrogen-bond donors (Lipinski definition) is 1. The number of nitrogens with one attached hydrogen (secondary N) is 1. The average Bonchev–Trinajstić information content (AvgIpc) is 2.86. The highest BCUT2D eigenvalue weighted by Crippen LogP contribution is 2.31. The van der Waals surface area contributed by atoms with Crippen molar-refractivity contribution < 1.29 is 22.7 Å². The monoisotopic (exact) mass is 485 g/mol. The molecular weight excluding hydrogens is 454 g/mol. The predicted molar refractivity (Wildman–Crippen MR) is 129 cm³/mol. The molecule has 2 heterocycles. The Hall–Kier alpha value is -2.91. The van der Waals surface area contributed by atoms with Crippen molar-refractivity contribution >= 4 is 27.5 Å². The third-order valence-corrected chi connectivity index (χ3v) is 8.40. The fourth-order valence-corrected chi connectivity index (χ4v) is 6.28. The third kappa shape index (κ3) is 5.10. The zero-order chi connectivity index (χ0) is 24.3. The lowest BCUT2D eigenvalue weighted by Gasteiger charge is -2.32. The Morgan fingerprint density at radius 1 is 1.12 bits per heavy atom. The Labute approximate surface area is 200 Å². The van der Waals surface area contributed by atoms with Crippen LogP contribution in [0.25, 0.3) is 0 Å². The molecule has 9 heteroatoms. The first-order valence-corrected chi connectivity index (χ1v) is 13.1. The molecule has 2 aliphatic heterocycles. The van der Waals surface area contributed by atoms with E-state index in [1.807, 2.05) is 24.3 Å². The van der Waals surface area contributed by atoms with Gasteiger partial charge in [0, 0.05) is 38.8 Å². The Morgan fingerprint density at radius 3 is 2.71 bits per heavy atom. The van der Waals surface area contributed by atoms with E-state index in [0.717, 1.165) is 35.4 Å². The first-order valence-electron chi connectivity index (χ1n) is 11.6. The van der Waals surface area contributed by atoms with Crippen LogP contribution in [0.1, 0.15) is 37.3 Å². The van der Waals surface area contributed by atoms with Gasteiger partial charge in [0.15, 0.2) is 0 Å². The van der Waals surface area contributed by atoms with Crippen molar-refractivity contribution in [2.75, 3.05) is 31.6 Å². The molecule has 0 radical (unpaired) electrons. The molecule has 1 saturated heterocycles. The highest BCUT2D eigenvalue weighted by molar-refractivity contribution is 7.89. The zero-order valence-electron chi connectivity index (χ0n) is 19.6. The average molecular weight is 486 g/mol. The summed E-state index contributed by atoms with van der Waals surface area (Å²) in [7, 11) is -2.15. The van der Waals surface area contributed by atoms with Crippen LogP contribution in [0, 0.1) is 5.92 Å². The summed E-state index contributed by atoms with van der Waals surface area (Å²) in [5.74, 6) is 0.124. The standard InChI is InChI=1S/C25H31N3O5S/c1-18(29)28-13-5-7-20-15-23(10-11-24(20)28)34(31,32)27-12-4-8-21(17-27)25(30)26-16-19-6-3-9-22(14-19)33-2/h3,6,9-11,14-15,21H,4-5,7-8,12-13,16-17H2,1-2H3,(H,26,30)/t21-/m0/s1. The third-order valence-electron chi connectivity index (χ3n) is 6.54. The van der Waals surface area contributed by atoms with Gasteiger partial charge in [-0.2, -0.15) is 4.31 Å². The summed E-state index contributed by atoms with van der Waals surface area (Å²) < 4.78 is 33.4. The van der Waals surface area contributed by atoms with Gasteiger partial charge in [-0.1, -0.05) is 12.1 Å². The highest BCUT2D eigenvalue weighted by Gasteiger charge is 2.34. The van der Waals surface area contributed by atoms with Crippen molar-refractivity contribution in [3.63, 3.8) is 0 Å². The Bertz CT molecular complexity index is 1180. The van der Waals surface area contributed by atoms with Gasteiger partial charge in [-0.3, -0.25) is 9.59 Å². The maximum absolute atomic E-state index is 13.4. The van der Waals surface area contributed by atoms with Gasteiger partial charge in [-0.05, 0) is 67.1 Å². The van der Waals surface area contributed by atoms with Crippen molar-refractivity contribution in [3.05, 3.63) is 53.6 Å². The van der Waals surface area contributed by atoms with E-state index in [9.17, 15) is 18.0 Å². The lowest BCUT2D eigenvalue weighted by Crippen LogP contribution is -2.45. The second-order valence-corrected chi connectivity index (χ2v) is 10.8. The lowest BCUT2D eigenvalue weighted by molar-refractivity contribution is -0.126. The van der Waals surface area contributed by atoms with Gasteiger partial charge in [0.2, 0.25) is 21.8 Å². The number of piperidine rings is 1. The van der Waals surface area contributed by atoms with Gasteiger partial charge < -0.3 is 15.0 Å². The van der Waals surface area contributed by atoms with Crippen LogP contribution in [0.15, 0.2) is 47.4 Å². The second kappa shape index (κ2) is 10.1. The maximum atomic E-state index is 13.4. The normalized spacial score (nSPS) is 18.8. The Balaban J connectivity index is 1.44. The number of fused-ring (bicyclic) bond motifs is 1. The van der Waals surface area contributed by atoms with E-state index >= 15 is 0 Å². The fourth-order valence-electron chi connectivity index (χ4n) is 4.70. The molecule has 2 amide bonds. The van der Waals surface area contributed by atoms with E-state index in [-0.39, 0.29) is 23.3 Å². The van der Waals surface area contributed by atoms with Gasteiger partial charge in [0.25, 0.3) is 0 Å². The van der Waals surface area contributed by atoms with E-state index in [1.54, 1.807) is 30.2 Å². The van der Waals surface area contributed by atoms with Crippen molar-refractivity contribution in [3.8, 4) is 5.75 Å². The summed E-state index contributed by atoms with van der Waals surface area (Å²) in [6, 6.07) is 12.5. The number of carbonyl (C=O) groups excluding carboxylic acids is 2. The van der Waals surface area contributed by atoms with Crippen molar-refractivity contribution in [2.24, 2.45) is 5.92 Å². The first-order chi connectivity index (χ1) is 16.3. The molecule has 1 atom stereocenters. The number of rotatable bonds is 6. The van der Waals surface area contributed by atoms with E-state index in [2.05, 4.69) is 5.32 Å². The number of carbonyl (C=O) groups is 2. The Kier molecular flexibility index (Phi) is 7.23. The van der Waals surface area contributed by atoms with Crippen molar-refractivity contribution in [1.29, 1.82) is 0 Å². The van der Waals surface area contributed by atoms with Gasteiger partial charge in [-0.25, -0.2) is 8.42 Å². The number of amides is 2. The smallest absolute Gasteiger partial charge is 0.243 e. The van der Waals surface area contributed by atoms with E-state index < -0.39 is 15.9 Å². The number of nitrogens with zero attached hydrogens (tertiary/aromatic N) is 2. The maximum Gasteiger partial charge on any atom is 0.243 e. The molecule has 4 rings (SSSR count). The van der Waals surface area contributed by atoms with E-state index in [0.29, 0.717) is 32.5 Å². The summed E-state index contributed by atoms with van der Waals surface area (Å²) in [6.07, 6.45) is 2.81. The molecule has 0 spiro atoms. The topological polar surface area (TPSA) is 96.0 Å². The summed E-state index contributed by atoms with van der Waals surface area (Å²) in [6.45, 7) is 3.07. The molecule has 0 aromatic heterocycles. The molecule has 0 unspecified atom stereocenters. The van der Waals surface area contributed by atoms with Crippen LogP contribution in [-0.2, 0) is 32.6 Å². The van der Waals surface area contributed by atoms with E-state index in [1.165, 1.54) is 11.2 Å². The quantitative estimate of drug-likeness (QED) is 0.679. The molecule has 34 heavy (non-hydrogen) atoms. The summed E-state index contributed by atoms with van der Waals surface area (Å²) in [4.78, 5) is 26.7. The molecule has 2 aromatic carbocycles. The van der Waals surface area contributed by atoms with Crippen LogP contribution < -0.4 is 15.0 Å². The second-order valence-electron chi connectivity index (χ2n) is 8.84. The van der Waals surface area contributed by atoms with Gasteiger partial charge in [-0.15, -0.1) is 0 Å². The zero-order valence-corrected chi connectivity index (χ0v) is 20.4. The summed E-state index contributed by atoms with van der Waals surface area (Å²) in [5.41, 5.74) is 2.57. The predicted octanol–water partition coefficient (Wildman–Crippen LogP) is 2.71. The van der Waals surface area contributed by atoms with Crippen molar-refractivity contribution in [1.82, 2.24) is 9.62 Å². The molecule has 0 bridgehead atoms. The number of sulfonamides is 1. The van der Waals surface area contributed by atoms with Crippen molar-refractivity contribution in [2.45, 2.75) is 44.0 Å². The van der Waals surface area contributed by atoms with Gasteiger partial charge in [0.05, 0.1) is 17.9 Å². The molecule has 182 valence electrons. The molecular formula is C25H31N3O5S. The Morgan fingerprint density at radius 2 is 1.94 bits per heavy atom. The number of hydrogen-bond acceptors (Lipinski definition) is 5. The molecule has 0 aliphatic carbocycles. The van der Waals surface area contributed by atoms with Crippen LogP contribution in [0.4, 0.5) is 5.69 Å².